The lowest BCUT2D eigenvalue weighted by Gasteiger charge is -2.09. The Morgan fingerprint density at radius 3 is 2.61 bits per heavy atom. The van der Waals surface area contributed by atoms with E-state index in [1.165, 1.54) is 13.1 Å². The molecule has 0 fully saturated rings. The molecule has 0 aliphatic heterocycles. The normalized spacial score (nSPS) is 10.9. The van der Waals surface area contributed by atoms with Crippen molar-refractivity contribution in [1.82, 2.24) is 4.98 Å². The molecule has 102 valence electrons. The molecular weight excluding hydrogens is 236 g/mol. The van der Waals surface area contributed by atoms with Gasteiger partial charge in [0.2, 0.25) is 5.91 Å². The highest BCUT2D eigenvalue weighted by Gasteiger charge is 2.03. The van der Waals surface area contributed by atoms with Crippen molar-refractivity contribution in [1.29, 1.82) is 0 Å². The summed E-state index contributed by atoms with van der Waals surface area (Å²) in [5.74, 6) is 0.695. The average Bonchev–Trinajstić information content (AvgIpc) is 2.39. The molecular formula is C12H20N2O4. The van der Waals surface area contributed by atoms with Crippen molar-refractivity contribution in [3.8, 4) is 5.75 Å². The van der Waals surface area contributed by atoms with E-state index in [-0.39, 0.29) is 19.1 Å². The zero-order valence-electron chi connectivity index (χ0n) is 10.9. The molecule has 3 N–H and O–H groups in total. The van der Waals surface area contributed by atoms with Crippen LogP contribution in [-0.2, 0) is 4.79 Å². The Labute approximate surface area is 107 Å². The van der Waals surface area contributed by atoms with Gasteiger partial charge in [-0.3, -0.25) is 4.79 Å². The van der Waals surface area contributed by atoms with Gasteiger partial charge in [0, 0.05) is 6.92 Å². The fraction of sp³-hybridized carbons (Fsp3) is 0.500. The topological polar surface area (TPSA) is 91.7 Å². The summed E-state index contributed by atoms with van der Waals surface area (Å²) in [6, 6.07) is 3.20. The average molecular weight is 256 g/mol. The minimum Gasteiger partial charge on any atom is -0.489 e. The molecule has 0 radical (unpaired) electrons. The van der Waals surface area contributed by atoms with Gasteiger partial charge in [-0.25, -0.2) is 4.98 Å². The fourth-order valence-corrected chi connectivity index (χ4v) is 0.965. The summed E-state index contributed by atoms with van der Waals surface area (Å²) in [4.78, 5) is 14.6. The van der Waals surface area contributed by atoms with Crippen LogP contribution in [0.1, 0.15) is 20.8 Å². The molecule has 1 aromatic heterocycles. The Morgan fingerprint density at radius 1 is 1.50 bits per heavy atom. The van der Waals surface area contributed by atoms with Crippen LogP contribution in [0.3, 0.4) is 0 Å². The summed E-state index contributed by atoms with van der Waals surface area (Å²) in [7, 11) is 0. The quantitative estimate of drug-likeness (QED) is 0.724. The van der Waals surface area contributed by atoms with Gasteiger partial charge < -0.3 is 20.3 Å². The molecule has 1 unspecified atom stereocenters. The number of hydrogen-bond acceptors (Lipinski definition) is 5. The highest BCUT2D eigenvalue weighted by Crippen LogP contribution is 2.12. The first-order valence-corrected chi connectivity index (χ1v) is 5.77. The number of pyridine rings is 1. The molecule has 0 spiro atoms. The maximum atomic E-state index is 10.7. The van der Waals surface area contributed by atoms with E-state index in [1.54, 1.807) is 12.1 Å². The molecule has 1 amide bonds. The van der Waals surface area contributed by atoms with Gasteiger partial charge in [0.05, 0.1) is 12.8 Å². The van der Waals surface area contributed by atoms with Gasteiger partial charge >= 0.3 is 0 Å². The predicted octanol–water partition coefficient (Wildman–Crippen LogP) is 0.798. The summed E-state index contributed by atoms with van der Waals surface area (Å²) in [5, 5.41) is 20.1. The van der Waals surface area contributed by atoms with Gasteiger partial charge in [0.25, 0.3) is 0 Å². The Morgan fingerprint density at radius 2 is 2.17 bits per heavy atom. The van der Waals surface area contributed by atoms with Gasteiger partial charge in [0.1, 0.15) is 24.3 Å². The standard InChI is InChI=1S/C10H14N2O4.C2H6/c1-7(14)12-10-3-2-9(4-11-10)16-6-8(15)5-13;1-2/h2-4,8,13,15H,5-6H2,1H3,(H,11,12,14);1-2H3. The van der Waals surface area contributed by atoms with E-state index in [2.05, 4.69) is 10.3 Å². The highest BCUT2D eigenvalue weighted by atomic mass is 16.5. The van der Waals surface area contributed by atoms with Crippen molar-refractivity contribution in [2.45, 2.75) is 26.9 Å². The summed E-state index contributed by atoms with van der Waals surface area (Å²) in [5.41, 5.74) is 0. The highest BCUT2D eigenvalue weighted by molar-refractivity contribution is 5.87. The molecule has 0 saturated heterocycles. The zero-order chi connectivity index (χ0) is 14.0. The smallest absolute Gasteiger partial charge is 0.222 e. The van der Waals surface area contributed by atoms with Crippen LogP contribution in [0.4, 0.5) is 5.82 Å². The van der Waals surface area contributed by atoms with Crippen molar-refractivity contribution in [3.63, 3.8) is 0 Å². The van der Waals surface area contributed by atoms with Crippen LogP contribution >= 0.6 is 0 Å². The summed E-state index contributed by atoms with van der Waals surface area (Å²) < 4.78 is 5.13. The second-order valence-electron chi connectivity index (χ2n) is 3.21. The molecule has 1 rings (SSSR count). The summed E-state index contributed by atoms with van der Waals surface area (Å²) >= 11 is 0. The molecule has 0 aliphatic rings. The number of hydrogen-bond donors (Lipinski definition) is 3. The number of carbonyl (C=O) groups excluding carboxylic acids is 1. The van der Waals surface area contributed by atoms with Crippen molar-refractivity contribution in [3.05, 3.63) is 18.3 Å². The number of amides is 1. The number of nitrogens with one attached hydrogen (secondary N) is 1. The summed E-state index contributed by atoms with van der Waals surface area (Å²) in [6.45, 7) is 5.04. The number of aromatic nitrogens is 1. The minimum atomic E-state index is -0.907. The van der Waals surface area contributed by atoms with E-state index in [9.17, 15) is 4.79 Å². The lowest BCUT2D eigenvalue weighted by molar-refractivity contribution is -0.114. The lowest BCUT2D eigenvalue weighted by Crippen LogP contribution is -2.21. The SMILES string of the molecule is CC.CC(=O)Nc1ccc(OCC(O)CO)cn1. The molecule has 0 bridgehead atoms. The van der Waals surface area contributed by atoms with Crippen LogP contribution in [0, 0.1) is 0 Å². The zero-order valence-corrected chi connectivity index (χ0v) is 10.9. The molecule has 6 heteroatoms. The van der Waals surface area contributed by atoms with E-state index in [0.717, 1.165) is 0 Å². The first-order valence-electron chi connectivity index (χ1n) is 5.77. The van der Waals surface area contributed by atoms with Crippen LogP contribution in [0.25, 0.3) is 0 Å². The van der Waals surface area contributed by atoms with Gasteiger partial charge in [-0.05, 0) is 12.1 Å². The molecule has 0 saturated carbocycles. The lowest BCUT2D eigenvalue weighted by atomic mass is 10.4. The van der Waals surface area contributed by atoms with Crippen LogP contribution in [0.2, 0.25) is 0 Å². The third kappa shape index (κ3) is 6.82. The van der Waals surface area contributed by atoms with Crippen molar-refractivity contribution >= 4 is 11.7 Å². The Bertz CT molecular complexity index is 340. The third-order valence-electron chi connectivity index (χ3n) is 1.69. The molecule has 1 aromatic rings. The number of nitrogens with zero attached hydrogens (tertiary/aromatic N) is 1. The van der Waals surface area contributed by atoms with E-state index in [1.807, 2.05) is 13.8 Å². The van der Waals surface area contributed by atoms with Crippen molar-refractivity contribution in [2.75, 3.05) is 18.5 Å². The molecule has 1 atom stereocenters. The fourth-order valence-electron chi connectivity index (χ4n) is 0.965. The second kappa shape index (κ2) is 9.38. The van der Waals surface area contributed by atoms with E-state index in [0.29, 0.717) is 11.6 Å². The predicted molar refractivity (Wildman–Crippen MR) is 68.5 cm³/mol. The van der Waals surface area contributed by atoms with Crippen molar-refractivity contribution < 1.29 is 19.7 Å². The van der Waals surface area contributed by atoms with Crippen molar-refractivity contribution in [2.24, 2.45) is 0 Å². The molecule has 18 heavy (non-hydrogen) atoms. The Balaban J connectivity index is 0.00000137. The monoisotopic (exact) mass is 256 g/mol. The van der Waals surface area contributed by atoms with Gasteiger partial charge in [0.15, 0.2) is 0 Å². The maximum Gasteiger partial charge on any atom is 0.222 e. The number of ether oxygens (including phenoxy) is 1. The number of aliphatic hydroxyl groups is 2. The summed E-state index contributed by atoms with van der Waals surface area (Å²) in [6.07, 6.45) is 0.519. The molecule has 0 aliphatic carbocycles. The van der Waals surface area contributed by atoms with Crippen LogP contribution in [-0.4, -0.2) is 40.4 Å². The Kier molecular flexibility index (Phi) is 8.51. The van der Waals surface area contributed by atoms with E-state index in [4.69, 9.17) is 14.9 Å². The molecule has 0 aromatic carbocycles. The van der Waals surface area contributed by atoms with E-state index < -0.39 is 6.10 Å². The van der Waals surface area contributed by atoms with Gasteiger partial charge in [-0.15, -0.1) is 0 Å². The van der Waals surface area contributed by atoms with Gasteiger partial charge in [-0.1, -0.05) is 13.8 Å². The van der Waals surface area contributed by atoms with Gasteiger partial charge in [-0.2, -0.15) is 0 Å². The second-order valence-corrected chi connectivity index (χ2v) is 3.21. The molecule has 6 nitrogen and oxygen atoms in total. The van der Waals surface area contributed by atoms with Crippen LogP contribution in [0.5, 0.6) is 5.75 Å². The first kappa shape index (κ1) is 16.3. The number of aliphatic hydroxyl groups excluding tert-OH is 2. The Hall–Kier alpha value is -1.66. The number of carbonyl (C=O) groups is 1. The minimum absolute atomic E-state index is 0.00232. The molecule has 1 heterocycles. The van der Waals surface area contributed by atoms with Crippen LogP contribution in [0.15, 0.2) is 18.3 Å². The maximum absolute atomic E-state index is 10.7. The number of rotatable bonds is 5. The largest absolute Gasteiger partial charge is 0.489 e. The first-order chi connectivity index (χ1) is 8.61. The van der Waals surface area contributed by atoms with E-state index >= 15 is 0 Å². The van der Waals surface area contributed by atoms with Crippen LogP contribution < -0.4 is 10.1 Å². The number of anilines is 1. The third-order valence-corrected chi connectivity index (χ3v) is 1.69.